The highest BCUT2D eigenvalue weighted by Crippen LogP contribution is 2.33. The molecule has 0 fully saturated rings. The molecule has 4 nitrogen and oxygen atoms in total. The maximum absolute atomic E-state index is 14.1. The van der Waals surface area contributed by atoms with Crippen LogP contribution in [0.15, 0.2) is 48.5 Å². The van der Waals surface area contributed by atoms with Crippen LogP contribution >= 0.6 is 0 Å². The predicted octanol–water partition coefficient (Wildman–Crippen LogP) is 5.41. The number of nitrogens with one attached hydrogen (secondary N) is 1. The van der Waals surface area contributed by atoms with Crippen molar-refractivity contribution < 1.29 is 9.18 Å². The number of aryl methyl sites for hydroxylation is 2. The van der Waals surface area contributed by atoms with Crippen molar-refractivity contribution in [3.05, 3.63) is 65.6 Å². The minimum Gasteiger partial charge on any atom is -0.338 e. The Balaban J connectivity index is 1.84. The standard InChI is InChI=1S/C22H22FN3O/c1-13(2)26-18-8-6-5-7-15(18)21-19(26)12-20(25(21)4)22(27)24-17-10-9-14(3)11-16(17)23/h5-13H,1-4H3,(H,24,27). The summed E-state index contributed by atoms with van der Waals surface area (Å²) in [4.78, 5) is 12.8. The number of amides is 1. The Kier molecular flexibility index (Phi) is 4.02. The van der Waals surface area contributed by atoms with E-state index in [4.69, 9.17) is 0 Å². The molecule has 1 amide bonds. The van der Waals surface area contributed by atoms with Crippen LogP contribution < -0.4 is 5.32 Å². The molecule has 2 heterocycles. The van der Waals surface area contributed by atoms with Crippen LogP contribution in [0.2, 0.25) is 0 Å². The number of aromatic nitrogens is 2. The van der Waals surface area contributed by atoms with Crippen LogP contribution in [0.4, 0.5) is 10.1 Å². The van der Waals surface area contributed by atoms with Crippen LogP contribution in [0.5, 0.6) is 0 Å². The molecule has 0 atom stereocenters. The van der Waals surface area contributed by atoms with Gasteiger partial charge in [0.25, 0.3) is 5.91 Å². The fraction of sp³-hybridized carbons (Fsp3) is 0.227. The summed E-state index contributed by atoms with van der Waals surface area (Å²) in [5.41, 5.74) is 4.66. The van der Waals surface area contributed by atoms with Gasteiger partial charge in [-0.1, -0.05) is 24.3 Å². The molecule has 0 unspecified atom stereocenters. The average molecular weight is 363 g/mol. The number of hydrogen-bond acceptors (Lipinski definition) is 1. The van der Waals surface area contributed by atoms with E-state index in [0.717, 1.165) is 27.5 Å². The number of carbonyl (C=O) groups excluding carboxylic acids is 1. The topological polar surface area (TPSA) is 39.0 Å². The first kappa shape index (κ1) is 17.3. The monoisotopic (exact) mass is 363 g/mol. The summed E-state index contributed by atoms with van der Waals surface area (Å²) in [5.74, 6) is -0.755. The number of halogens is 1. The van der Waals surface area contributed by atoms with Gasteiger partial charge >= 0.3 is 0 Å². The fourth-order valence-electron chi connectivity index (χ4n) is 3.79. The molecule has 0 saturated carbocycles. The third kappa shape index (κ3) is 2.70. The molecule has 0 radical (unpaired) electrons. The molecular formula is C22H22FN3O. The van der Waals surface area contributed by atoms with Crippen LogP contribution in [0, 0.1) is 12.7 Å². The molecule has 0 aliphatic carbocycles. The number of hydrogen-bond donors (Lipinski definition) is 1. The number of carbonyl (C=O) groups is 1. The normalized spacial score (nSPS) is 11.6. The number of fused-ring (bicyclic) bond motifs is 3. The van der Waals surface area contributed by atoms with Gasteiger partial charge in [0.15, 0.2) is 0 Å². The third-order valence-corrected chi connectivity index (χ3v) is 5.01. The molecule has 138 valence electrons. The minimum atomic E-state index is -0.431. The van der Waals surface area contributed by atoms with Crippen molar-refractivity contribution in [2.45, 2.75) is 26.8 Å². The molecule has 0 saturated heterocycles. The number of rotatable bonds is 3. The van der Waals surface area contributed by atoms with E-state index in [1.54, 1.807) is 12.1 Å². The summed E-state index contributed by atoms with van der Waals surface area (Å²) in [7, 11) is 1.87. The molecule has 0 aliphatic heterocycles. The second-order valence-corrected chi connectivity index (χ2v) is 7.24. The van der Waals surface area contributed by atoms with Crippen molar-refractivity contribution in [2.24, 2.45) is 7.05 Å². The van der Waals surface area contributed by atoms with E-state index in [-0.39, 0.29) is 17.6 Å². The number of nitrogens with zero attached hydrogens (tertiary/aromatic N) is 2. The van der Waals surface area contributed by atoms with Gasteiger partial charge in [0.2, 0.25) is 0 Å². The third-order valence-electron chi connectivity index (χ3n) is 5.01. The first-order valence-corrected chi connectivity index (χ1v) is 9.04. The fourth-order valence-corrected chi connectivity index (χ4v) is 3.79. The zero-order valence-corrected chi connectivity index (χ0v) is 15.9. The van der Waals surface area contributed by atoms with Crippen LogP contribution in [0.3, 0.4) is 0 Å². The predicted molar refractivity (Wildman–Crippen MR) is 108 cm³/mol. The maximum atomic E-state index is 14.1. The van der Waals surface area contributed by atoms with E-state index in [0.29, 0.717) is 5.69 Å². The summed E-state index contributed by atoms with van der Waals surface area (Å²) in [6.07, 6.45) is 0. The van der Waals surface area contributed by atoms with Gasteiger partial charge < -0.3 is 14.5 Å². The Hall–Kier alpha value is -3.08. The van der Waals surface area contributed by atoms with E-state index in [1.165, 1.54) is 6.07 Å². The van der Waals surface area contributed by atoms with Gasteiger partial charge in [-0.25, -0.2) is 4.39 Å². The second-order valence-electron chi connectivity index (χ2n) is 7.24. The smallest absolute Gasteiger partial charge is 0.272 e. The van der Waals surface area contributed by atoms with E-state index in [2.05, 4.69) is 35.9 Å². The van der Waals surface area contributed by atoms with Crippen LogP contribution in [0.25, 0.3) is 21.9 Å². The van der Waals surface area contributed by atoms with E-state index >= 15 is 0 Å². The van der Waals surface area contributed by atoms with Crippen molar-refractivity contribution in [3.8, 4) is 0 Å². The largest absolute Gasteiger partial charge is 0.338 e. The molecule has 0 bridgehead atoms. The average Bonchev–Trinajstić information content (AvgIpc) is 3.12. The first-order chi connectivity index (χ1) is 12.9. The molecule has 4 rings (SSSR count). The highest BCUT2D eigenvalue weighted by molar-refractivity contribution is 6.12. The molecule has 27 heavy (non-hydrogen) atoms. The van der Waals surface area contributed by atoms with Gasteiger partial charge in [0, 0.05) is 18.5 Å². The summed E-state index contributed by atoms with van der Waals surface area (Å²) < 4.78 is 18.2. The van der Waals surface area contributed by atoms with Crippen molar-refractivity contribution in [3.63, 3.8) is 0 Å². The lowest BCUT2D eigenvalue weighted by Gasteiger charge is -2.11. The highest BCUT2D eigenvalue weighted by atomic mass is 19.1. The zero-order valence-electron chi connectivity index (χ0n) is 15.9. The second kappa shape index (κ2) is 6.27. The van der Waals surface area contributed by atoms with E-state index in [9.17, 15) is 9.18 Å². The first-order valence-electron chi connectivity index (χ1n) is 9.04. The Morgan fingerprint density at radius 1 is 1.07 bits per heavy atom. The molecule has 1 N–H and O–H groups in total. The van der Waals surface area contributed by atoms with E-state index < -0.39 is 5.82 Å². The maximum Gasteiger partial charge on any atom is 0.272 e. The number of anilines is 1. The molecule has 2 aromatic heterocycles. The molecular weight excluding hydrogens is 341 g/mol. The molecule has 4 aromatic rings. The minimum absolute atomic E-state index is 0.188. The Bertz CT molecular complexity index is 1180. The Morgan fingerprint density at radius 3 is 2.52 bits per heavy atom. The van der Waals surface area contributed by atoms with Crippen LogP contribution in [-0.2, 0) is 7.05 Å². The van der Waals surface area contributed by atoms with Gasteiger partial charge in [-0.2, -0.15) is 0 Å². The van der Waals surface area contributed by atoms with Gasteiger partial charge in [0.1, 0.15) is 11.5 Å². The molecule has 2 aromatic carbocycles. The van der Waals surface area contributed by atoms with Gasteiger partial charge in [0.05, 0.1) is 22.2 Å². The summed E-state index contributed by atoms with van der Waals surface area (Å²) in [6, 6.07) is 15.1. The SMILES string of the molecule is Cc1ccc(NC(=O)c2cc3c(c4ccccc4n3C(C)C)n2C)c(F)c1. The van der Waals surface area contributed by atoms with Gasteiger partial charge in [-0.3, -0.25) is 4.79 Å². The van der Waals surface area contributed by atoms with E-state index in [1.807, 2.05) is 36.7 Å². The van der Waals surface area contributed by atoms with Crippen molar-refractivity contribution in [1.29, 1.82) is 0 Å². The Labute approximate surface area is 157 Å². The summed E-state index contributed by atoms with van der Waals surface area (Å²) >= 11 is 0. The number of para-hydroxylation sites is 1. The lowest BCUT2D eigenvalue weighted by Crippen LogP contribution is -2.16. The zero-order chi connectivity index (χ0) is 19.3. The highest BCUT2D eigenvalue weighted by Gasteiger charge is 2.21. The lowest BCUT2D eigenvalue weighted by atomic mass is 10.2. The summed E-state index contributed by atoms with van der Waals surface area (Å²) in [5, 5.41) is 3.80. The van der Waals surface area contributed by atoms with Crippen LogP contribution in [-0.4, -0.2) is 15.0 Å². The lowest BCUT2D eigenvalue weighted by molar-refractivity contribution is 0.101. The molecule has 0 aliphatic rings. The van der Waals surface area contributed by atoms with Crippen molar-refractivity contribution >= 4 is 33.5 Å². The molecule has 5 heteroatoms. The van der Waals surface area contributed by atoms with Gasteiger partial charge in [-0.05, 0) is 50.6 Å². The van der Waals surface area contributed by atoms with Crippen molar-refractivity contribution in [1.82, 2.24) is 9.13 Å². The quantitative estimate of drug-likeness (QED) is 0.519. The van der Waals surface area contributed by atoms with Gasteiger partial charge in [-0.15, -0.1) is 0 Å². The Morgan fingerprint density at radius 2 is 1.81 bits per heavy atom. The number of benzene rings is 2. The van der Waals surface area contributed by atoms with Crippen LogP contribution in [0.1, 0.15) is 35.9 Å². The van der Waals surface area contributed by atoms with Crippen molar-refractivity contribution in [2.75, 3.05) is 5.32 Å². The summed E-state index contributed by atoms with van der Waals surface area (Å²) in [6.45, 7) is 6.06. The molecule has 0 spiro atoms.